The van der Waals surface area contributed by atoms with Crippen molar-refractivity contribution in [3.05, 3.63) is 65.9 Å². The van der Waals surface area contributed by atoms with Gasteiger partial charge in [0.05, 0.1) is 12.2 Å². The zero-order chi connectivity index (χ0) is 19.2. The van der Waals surface area contributed by atoms with Gasteiger partial charge >= 0.3 is 6.03 Å². The first-order valence-corrected chi connectivity index (χ1v) is 9.24. The maximum atomic E-state index is 13.5. The molecule has 0 bridgehead atoms. The summed E-state index contributed by atoms with van der Waals surface area (Å²) in [4.78, 5) is 21.8. The zero-order valence-electron chi connectivity index (χ0n) is 15.7. The van der Waals surface area contributed by atoms with Crippen LogP contribution in [0.4, 0.5) is 9.18 Å². The SMILES string of the molecule is CC(C)N(Cc1ccccn1)C(=O)NCCCc1c[nH]c2ccc(F)cc12. The number of carbonyl (C=O) groups is 1. The number of carbonyl (C=O) groups excluding carboxylic acids is 1. The molecule has 0 fully saturated rings. The Morgan fingerprint density at radius 2 is 2.15 bits per heavy atom. The summed E-state index contributed by atoms with van der Waals surface area (Å²) < 4.78 is 13.5. The Kier molecular flexibility index (Phi) is 6.06. The molecular weight excluding hydrogens is 343 g/mol. The standard InChI is InChI=1S/C21H25FN4O/c1-15(2)26(14-18-7-3-4-10-23-18)21(27)24-11-5-6-16-13-25-20-9-8-17(22)12-19(16)20/h3-4,7-10,12-13,15,25H,5-6,11,14H2,1-2H3,(H,24,27). The van der Waals surface area contributed by atoms with Gasteiger partial charge < -0.3 is 15.2 Å². The molecule has 5 nitrogen and oxygen atoms in total. The van der Waals surface area contributed by atoms with Crippen molar-refractivity contribution < 1.29 is 9.18 Å². The maximum absolute atomic E-state index is 13.5. The van der Waals surface area contributed by atoms with Crippen LogP contribution in [0.2, 0.25) is 0 Å². The van der Waals surface area contributed by atoms with Crippen LogP contribution in [-0.4, -0.2) is 33.5 Å². The highest BCUT2D eigenvalue weighted by molar-refractivity contribution is 5.83. The van der Waals surface area contributed by atoms with E-state index >= 15 is 0 Å². The van der Waals surface area contributed by atoms with E-state index in [9.17, 15) is 9.18 Å². The van der Waals surface area contributed by atoms with Gasteiger partial charge in [0.15, 0.2) is 0 Å². The van der Waals surface area contributed by atoms with Gasteiger partial charge in [-0.05, 0) is 62.6 Å². The van der Waals surface area contributed by atoms with Gasteiger partial charge in [-0.15, -0.1) is 0 Å². The molecule has 2 heterocycles. The number of pyridine rings is 1. The van der Waals surface area contributed by atoms with Crippen LogP contribution >= 0.6 is 0 Å². The molecule has 6 heteroatoms. The molecule has 3 aromatic rings. The third-order valence-electron chi connectivity index (χ3n) is 4.57. The largest absolute Gasteiger partial charge is 0.361 e. The summed E-state index contributed by atoms with van der Waals surface area (Å²) in [6.07, 6.45) is 5.19. The predicted molar refractivity (Wildman–Crippen MR) is 105 cm³/mol. The number of amides is 2. The first-order chi connectivity index (χ1) is 13.0. The predicted octanol–water partition coefficient (Wildman–Crippen LogP) is 4.25. The van der Waals surface area contributed by atoms with Crippen molar-refractivity contribution in [2.75, 3.05) is 6.54 Å². The minimum absolute atomic E-state index is 0.0728. The highest BCUT2D eigenvalue weighted by Crippen LogP contribution is 2.20. The molecule has 0 aliphatic rings. The number of aromatic amines is 1. The Bertz CT molecular complexity index is 892. The monoisotopic (exact) mass is 368 g/mol. The highest BCUT2D eigenvalue weighted by atomic mass is 19.1. The minimum Gasteiger partial charge on any atom is -0.361 e. The lowest BCUT2D eigenvalue weighted by Crippen LogP contribution is -2.43. The molecule has 0 radical (unpaired) electrons. The molecule has 2 aromatic heterocycles. The van der Waals surface area contributed by atoms with Crippen LogP contribution in [0.3, 0.4) is 0 Å². The van der Waals surface area contributed by atoms with Crippen molar-refractivity contribution in [2.24, 2.45) is 0 Å². The van der Waals surface area contributed by atoms with Gasteiger partial charge in [0.25, 0.3) is 0 Å². The van der Waals surface area contributed by atoms with Crippen molar-refractivity contribution in [3.63, 3.8) is 0 Å². The van der Waals surface area contributed by atoms with Crippen LogP contribution < -0.4 is 5.32 Å². The zero-order valence-corrected chi connectivity index (χ0v) is 15.7. The molecule has 0 unspecified atom stereocenters. The van der Waals surface area contributed by atoms with E-state index in [1.54, 1.807) is 23.2 Å². The van der Waals surface area contributed by atoms with E-state index in [1.165, 1.54) is 6.07 Å². The maximum Gasteiger partial charge on any atom is 0.317 e. The molecule has 0 aliphatic heterocycles. The Morgan fingerprint density at radius 3 is 2.89 bits per heavy atom. The quantitative estimate of drug-likeness (QED) is 0.612. The average Bonchev–Trinajstić information content (AvgIpc) is 3.06. The Balaban J connectivity index is 1.52. The molecule has 1 aromatic carbocycles. The van der Waals surface area contributed by atoms with Crippen molar-refractivity contribution in [1.29, 1.82) is 0 Å². The molecule has 27 heavy (non-hydrogen) atoms. The second-order valence-electron chi connectivity index (χ2n) is 6.88. The number of hydrogen-bond donors (Lipinski definition) is 2. The molecule has 0 spiro atoms. The summed E-state index contributed by atoms with van der Waals surface area (Å²) in [5.74, 6) is -0.237. The number of H-pyrrole nitrogens is 1. The molecule has 0 atom stereocenters. The fourth-order valence-electron chi connectivity index (χ4n) is 3.09. The third kappa shape index (κ3) is 4.84. The fourth-order valence-corrected chi connectivity index (χ4v) is 3.09. The van der Waals surface area contributed by atoms with E-state index in [2.05, 4.69) is 15.3 Å². The number of rotatable bonds is 7. The molecule has 142 valence electrons. The third-order valence-corrected chi connectivity index (χ3v) is 4.57. The summed E-state index contributed by atoms with van der Waals surface area (Å²) in [7, 11) is 0. The molecular formula is C21H25FN4O. The van der Waals surface area contributed by atoms with E-state index < -0.39 is 0 Å². The number of hydrogen-bond acceptors (Lipinski definition) is 2. The van der Waals surface area contributed by atoms with Gasteiger partial charge in [-0.2, -0.15) is 0 Å². The van der Waals surface area contributed by atoms with E-state index in [0.29, 0.717) is 13.1 Å². The van der Waals surface area contributed by atoms with Crippen LogP contribution in [0.15, 0.2) is 48.8 Å². The van der Waals surface area contributed by atoms with Gasteiger partial charge in [0, 0.05) is 35.9 Å². The molecule has 2 amide bonds. The highest BCUT2D eigenvalue weighted by Gasteiger charge is 2.17. The molecule has 0 saturated heterocycles. The molecule has 2 N–H and O–H groups in total. The second-order valence-corrected chi connectivity index (χ2v) is 6.88. The van der Waals surface area contributed by atoms with E-state index in [4.69, 9.17) is 0 Å². The fraction of sp³-hybridized carbons (Fsp3) is 0.333. The van der Waals surface area contributed by atoms with Crippen LogP contribution in [0.1, 0.15) is 31.5 Å². The minimum atomic E-state index is -0.237. The first-order valence-electron chi connectivity index (χ1n) is 9.24. The summed E-state index contributed by atoms with van der Waals surface area (Å²) in [5, 5.41) is 3.88. The van der Waals surface area contributed by atoms with Crippen molar-refractivity contribution in [2.45, 2.75) is 39.3 Å². The first kappa shape index (κ1) is 18.9. The Labute approximate surface area is 158 Å². The lowest BCUT2D eigenvalue weighted by Gasteiger charge is -2.26. The molecule has 3 rings (SSSR count). The topological polar surface area (TPSA) is 61.0 Å². The van der Waals surface area contributed by atoms with E-state index in [1.807, 2.05) is 38.2 Å². The summed E-state index contributed by atoms with van der Waals surface area (Å²) in [5.41, 5.74) is 2.85. The van der Waals surface area contributed by atoms with E-state index in [-0.39, 0.29) is 17.9 Å². The lowest BCUT2D eigenvalue weighted by molar-refractivity contribution is 0.179. The average molecular weight is 368 g/mol. The number of halogens is 1. The van der Waals surface area contributed by atoms with E-state index in [0.717, 1.165) is 35.0 Å². The van der Waals surface area contributed by atoms with Crippen LogP contribution in [0, 0.1) is 5.82 Å². The Morgan fingerprint density at radius 1 is 1.30 bits per heavy atom. The Hall–Kier alpha value is -2.89. The second kappa shape index (κ2) is 8.66. The van der Waals surface area contributed by atoms with Gasteiger partial charge in [-0.1, -0.05) is 6.07 Å². The molecule has 0 saturated carbocycles. The lowest BCUT2D eigenvalue weighted by atomic mass is 10.1. The summed E-state index contributed by atoms with van der Waals surface area (Å²) in [6, 6.07) is 10.4. The van der Waals surface area contributed by atoms with Crippen LogP contribution in [0.25, 0.3) is 10.9 Å². The van der Waals surface area contributed by atoms with Crippen molar-refractivity contribution in [3.8, 4) is 0 Å². The van der Waals surface area contributed by atoms with Gasteiger partial charge in [0.1, 0.15) is 5.82 Å². The number of benzene rings is 1. The number of nitrogens with zero attached hydrogens (tertiary/aromatic N) is 2. The number of aromatic nitrogens is 2. The van der Waals surface area contributed by atoms with Crippen molar-refractivity contribution >= 4 is 16.9 Å². The normalized spacial score (nSPS) is 11.1. The van der Waals surface area contributed by atoms with Gasteiger partial charge in [0.2, 0.25) is 0 Å². The molecule has 0 aliphatic carbocycles. The number of aryl methyl sites for hydroxylation is 1. The number of urea groups is 1. The van der Waals surface area contributed by atoms with Crippen LogP contribution in [-0.2, 0) is 13.0 Å². The van der Waals surface area contributed by atoms with Gasteiger partial charge in [-0.25, -0.2) is 9.18 Å². The number of nitrogens with one attached hydrogen (secondary N) is 2. The summed E-state index contributed by atoms with van der Waals surface area (Å²) in [6.45, 7) is 5.02. The summed E-state index contributed by atoms with van der Waals surface area (Å²) >= 11 is 0. The smallest absolute Gasteiger partial charge is 0.317 e. The number of fused-ring (bicyclic) bond motifs is 1. The van der Waals surface area contributed by atoms with Crippen LogP contribution in [0.5, 0.6) is 0 Å². The van der Waals surface area contributed by atoms with Crippen molar-refractivity contribution in [1.82, 2.24) is 20.2 Å². The van der Waals surface area contributed by atoms with Gasteiger partial charge in [-0.3, -0.25) is 4.98 Å².